The highest BCUT2D eigenvalue weighted by Crippen LogP contribution is 2.33. The van der Waals surface area contributed by atoms with Crippen LogP contribution in [0.15, 0.2) is 53.3 Å². The van der Waals surface area contributed by atoms with E-state index < -0.39 is 0 Å². The van der Waals surface area contributed by atoms with Gasteiger partial charge in [0.1, 0.15) is 11.5 Å². The number of nitrogens with zero attached hydrogens (tertiary/aromatic N) is 3. The molecule has 4 rings (SSSR count). The van der Waals surface area contributed by atoms with Gasteiger partial charge in [-0.15, -0.1) is 0 Å². The second-order valence-electron chi connectivity index (χ2n) is 6.10. The number of halogens is 2. The van der Waals surface area contributed by atoms with Gasteiger partial charge in [-0.2, -0.15) is 0 Å². The number of benzene rings is 1. The first-order chi connectivity index (χ1) is 12.1. The number of amides is 1. The average Bonchev–Trinajstić information content (AvgIpc) is 3.11. The largest absolute Gasteiger partial charge is 0.330 e. The first-order valence-electron chi connectivity index (χ1n) is 8.10. The molecule has 4 nitrogen and oxygen atoms in total. The molecule has 1 aliphatic rings. The number of hydrogen-bond acceptors (Lipinski definition) is 3. The van der Waals surface area contributed by atoms with E-state index in [1.165, 1.54) is 12.1 Å². The van der Waals surface area contributed by atoms with Crippen molar-refractivity contribution >= 4 is 32.7 Å². The number of rotatable bonds is 2. The topological polar surface area (TPSA) is 46.1 Å². The lowest BCUT2D eigenvalue weighted by Gasteiger charge is -2.25. The fourth-order valence-electron chi connectivity index (χ4n) is 3.32. The van der Waals surface area contributed by atoms with E-state index in [0.29, 0.717) is 12.2 Å². The highest BCUT2D eigenvalue weighted by Gasteiger charge is 2.31. The van der Waals surface area contributed by atoms with E-state index in [4.69, 9.17) is 0 Å². The maximum absolute atomic E-state index is 13.2. The monoisotopic (exact) mass is 399 g/mol. The molecule has 1 aliphatic heterocycles. The molecule has 1 amide bonds. The summed E-state index contributed by atoms with van der Waals surface area (Å²) in [5.74, 6) is -0.369. The van der Waals surface area contributed by atoms with Crippen molar-refractivity contribution in [3.8, 4) is 0 Å². The number of carbonyl (C=O) groups is 1. The van der Waals surface area contributed by atoms with Crippen LogP contribution in [0.25, 0.3) is 10.9 Å². The van der Waals surface area contributed by atoms with Crippen molar-refractivity contribution in [2.45, 2.75) is 18.9 Å². The van der Waals surface area contributed by atoms with Crippen molar-refractivity contribution in [2.24, 2.45) is 0 Å². The van der Waals surface area contributed by atoms with Gasteiger partial charge in [-0.05, 0) is 58.6 Å². The minimum atomic E-state index is -0.269. The lowest BCUT2D eigenvalue weighted by Crippen LogP contribution is -2.31. The van der Waals surface area contributed by atoms with E-state index in [2.05, 4.69) is 25.9 Å². The van der Waals surface area contributed by atoms with Crippen LogP contribution in [0.1, 0.15) is 34.9 Å². The molecule has 3 heterocycles. The summed E-state index contributed by atoms with van der Waals surface area (Å²) in [5, 5.41) is 0.877. The molecule has 1 unspecified atom stereocenters. The zero-order valence-corrected chi connectivity index (χ0v) is 14.9. The van der Waals surface area contributed by atoms with Gasteiger partial charge in [0, 0.05) is 24.3 Å². The first kappa shape index (κ1) is 16.1. The zero-order valence-electron chi connectivity index (χ0n) is 13.3. The summed E-state index contributed by atoms with van der Waals surface area (Å²) in [7, 11) is 0. The van der Waals surface area contributed by atoms with Gasteiger partial charge < -0.3 is 4.90 Å². The average molecular weight is 400 g/mol. The van der Waals surface area contributed by atoms with Crippen LogP contribution >= 0.6 is 15.9 Å². The van der Waals surface area contributed by atoms with Gasteiger partial charge in [-0.3, -0.25) is 9.78 Å². The summed E-state index contributed by atoms with van der Waals surface area (Å²) in [6.07, 6.45) is 5.19. The van der Waals surface area contributed by atoms with Gasteiger partial charge in [0.2, 0.25) is 0 Å². The summed E-state index contributed by atoms with van der Waals surface area (Å²) in [4.78, 5) is 23.5. The third-order valence-electron chi connectivity index (χ3n) is 4.54. The quantitative estimate of drug-likeness (QED) is 0.636. The van der Waals surface area contributed by atoms with Gasteiger partial charge in [-0.25, -0.2) is 9.37 Å². The second kappa shape index (κ2) is 6.52. The van der Waals surface area contributed by atoms with Gasteiger partial charge in [0.05, 0.1) is 16.0 Å². The number of aromatic nitrogens is 2. The van der Waals surface area contributed by atoms with Crippen molar-refractivity contribution in [2.75, 3.05) is 6.54 Å². The molecule has 0 spiro atoms. The second-order valence-corrected chi connectivity index (χ2v) is 6.95. The summed E-state index contributed by atoms with van der Waals surface area (Å²) in [6, 6.07) is 9.94. The maximum atomic E-state index is 13.2. The maximum Gasteiger partial charge on any atom is 0.272 e. The molecule has 1 saturated heterocycles. The standard InChI is InChI=1S/C19H15BrFN3O/c20-15-11-22-10-13-5-8-16(23-18(13)15)19(25)24-9-1-2-17(24)12-3-6-14(21)7-4-12/h3-8,10-11,17H,1-2,9H2. The van der Waals surface area contributed by atoms with Gasteiger partial charge in [0.15, 0.2) is 0 Å². The summed E-state index contributed by atoms with van der Waals surface area (Å²) in [6.45, 7) is 0.679. The minimum Gasteiger partial charge on any atom is -0.330 e. The van der Waals surface area contributed by atoms with Crippen molar-refractivity contribution in [3.05, 3.63) is 70.3 Å². The predicted molar refractivity (Wildman–Crippen MR) is 96.6 cm³/mol. The summed E-state index contributed by atoms with van der Waals surface area (Å²) < 4.78 is 13.9. The van der Waals surface area contributed by atoms with E-state index >= 15 is 0 Å². The first-order valence-corrected chi connectivity index (χ1v) is 8.89. The van der Waals surface area contributed by atoms with E-state index in [9.17, 15) is 9.18 Å². The van der Waals surface area contributed by atoms with Crippen LogP contribution in [-0.2, 0) is 0 Å². The molecular weight excluding hydrogens is 385 g/mol. The van der Waals surface area contributed by atoms with Crippen molar-refractivity contribution in [3.63, 3.8) is 0 Å². The van der Waals surface area contributed by atoms with E-state index in [0.717, 1.165) is 33.8 Å². The molecular formula is C19H15BrFN3O. The number of fused-ring (bicyclic) bond motifs is 1. The Morgan fingerprint density at radius 1 is 1.16 bits per heavy atom. The molecule has 1 atom stereocenters. The lowest BCUT2D eigenvalue weighted by molar-refractivity contribution is 0.0730. The van der Waals surface area contributed by atoms with Crippen LogP contribution in [0.5, 0.6) is 0 Å². The predicted octanol–water partition coefficient (Wildman–Crippen LogP) is 4.51. The van der Waals surface area contributed by atoms with Gasteiger partial charge in [-0.1, -0.05) is 12.1 Å². The Balaban J connectivity index is 1.67. The van der Waals surface area contributed by atoms with Crippen LogP contribution < -0.4 is 0 Å². The Labute approximate surface area is 152 Å². The van der Waals surface area contributed by atoms with Gasteiger partial charge in [0.25, 0.3) is 5.91 Å². The molecule has 0 radical (unpaired) electrons. The zero-order chi connectivity index (χ0) is 17.4. The normalized spacial score (nSPS) is 17.2. The van der Waals surface area contributed by atoms with Crippen molar-refractivity contribution < 1.29 is 9.18 Å². The summed E-state index contributed by atoms with van der Waals surface area (Å²) >= 11 is 3.43. The van der Waals surface area contributed by atoms with Crippen LogP contribution in [0, 0.1) is 5.82 Å². The van der Waals surface area contributed by atoms with Crippen LogP contribution in [0.2, 0.25) is 0 Å². The Morgan fingerprint density at radius 3 is 2.76 bits per heavy atom. The highest BCUT2D eigenvalue weighted by molar-refractivity contribution is 9.10. The Morgan fingerprint density at radius 2 is 1.96 bits per heavy atom. The number of pyridine rings is 2. The number of carbonyl (C=O) groups excluding carboxylic acids is 1. The molecule has 126 valence electrons. The molecule has 2 aromatic heterocycles. The Bertz CT molecular complexity index is 945. The molecule has 0 aliphatic carbocycles. The molecule has 6 heteroatoms. The minimum absolute atomic E-state index is 0.0357. The smallest absolute Gasteiger partial charge is 0.272 e. The molecule has 3 aromatic rings. The van der Waals surface area contributed by atoms with Crippen molar-refractivity contribution in [1.29, 1.82) is 0 Å². The summed E-state index contributed by atoms with van der Waals surface area (Å²) in [5.41, 5.74) is 2.09. The fourth-order valence-corrected chi connectivity index (χ4v) is 3.75. The number of likely N-dealkylation sites (tertiary alicyclic amines) is 1. The SMILES string of the molecule is O=C(c1ccc2cncc(Br)c2n1)N1CCCC1c1ccc(F)cc1. The third kappa shape index (κ3) is 3.02. The highest BCUT2D eigenvalue weighted by atomic mass is 79.9. The lowest BCUT2D eigenvalue weighted by atomic mass is 10.0. The molecule has 0 bridgehead atoms. The molecule has 25 heavy (non-hydrogen) atoms. The fraction of sp³-hybridized carbons (Fsp3) is 0.211. The van der Waals surface area contributed by atoms with Crippen LogP contribution in [0.3, 0.4) is 0 Å². The van der Waals surface area contributed by atoms with Crippen molar-refractivity contribution in [1.82, 2.24) is 14.9 Å². The molecule has 1 fully saturated rings. The van der Waals surface area contributed by atoms with Crippen LogP contribution in [-0.4, -0.2) is 27.3 Å². The molecule has 0 saturated carbocycles. The number of hydrogen-bond donors (Lipinski definition) is 0. The van der Waals surface area contributed by atoms with E-state index in [-0.39, 0.29) is 17.8 Å². The van der Waals surface area contributed by atoms with E-state index in [1.54, 1.807) is 30.6 Å². The Hall–Kier alpha value is -2.34. The molecule has 0 N–H and O–H groups in total. The van der Waals surface area contributed by atoms with E-state index in [1.807, 2.05) is 11.0 Å². The van der Waals surface area contributed by atoms with Crippen LogP contribution in [0.4, 0.5) is 4.39 Å². The van der Waals surface area contributed by atoms with Gasteiger partial charge >= 0.3 is 0 Å². The third-order valence-corrected chi connectivity index (χ3v) is 5.12. The molecule has 1 aromatic carbocycles. The Kier molecular flexibility index (Phi) is 4.21.